The summed E-state index contributed by atoms with van der Waals surface area (Å²) >= 11 is 0. The van der Waals surface area contributed by atoms with E-state index in [-0.39, 0.29) is 18.0 Å². The molecule has 0 spiro atoms. The normalized spacial score (nSPS) is 27.7. The molecule has 1 aliphatic heterocycles. The fourth-order valence-electron chi connectivity index (χ4n) is 5.00. The van der Waals surface area contributed by atoms with Crippen LogP contribution in [-0.2, 0) is 16.9 Å². The number of aromatic nitrogens is 3. The Labute approximate surface area is 165 Å². The van der Waals surface area contributed by atoms with Gasteiger partial charge in [-0.2, -0.15) is 0 Å². The third-order valence-electron chi connectivity index (χ3n) is 6.03. The molecule has 1 amide bonds. The number of imidazole rings is 1. The fourth-order valence-corrected chi connectivity index (χ4v) is 5.00. The molecule has 0 unspecified atom stereocenters. The highest BCUT2D eigenvalue weighted by Gasteiger charge is 2.53. The van der Waals surface area contributed by atoms with E-state index in [9.17, 15) is 4.79 Å². The first-order valence-electron chi connectivity index (χ1n) is 9.14. The number of fused-ring (bicyclic) bond motifs is 2. The molecule has 3 heterocycles. The molecule has 4 rings (SSSR count). The number of carbonyl (C=O) groups excluding carboxylic acids is 1. The van der Waals surface area contributed by atoms with Crippen molar-refractivity contribution in [3.8, 4) is 0 Å². The summed E-state index contributed by atoms with van der Waals surface area (Å²) in [4.78, 5) is 25.5. The van der Waals surface area contributed by atoms with Crippen molar-refractivity contribution in [2.45, 2.75) is 31.4 Å². The molecule has 3 N–H and O–H groups in total. The second-order valence-electron chi connectivity index (χ2n) is 7.39. The van der Waals surface area contributed by atoms with Gasteiger partial charge in [0.2, 0.25) is 0 Å². The zero-order valence-electron chi connectivity index (χ0n) is 15.4. The molecule has 1 aliphatic carbocycles. The molecule has 2 fully saturated rings. The highest BCUT2D eigenvalue weighted by molar-refractivity contribution is 5.90. The van der Waals surface area contributed by atoms with Crippen molar-refractivity contribution in [2.75, 3.05) is 20.2 Å². The van der Waals surface area contributed by atoms with Crippen molar-refractivity contribution in [3.05, 3.63) is 47.8 Å². The van der Waals surface area contributed by atoms with E-state index in [1.54, 1.807) is 19.6 Å². The lowest BCUT2D eigenvalue weighted by Gasteiger charge is -2.55. The van der Waals surface area contributed by atoms with Gasteiger partial charge >= 0.3 is 0 Å². The van der Waals surface area contributed by atoms with Crippen molar-refractivity contribution in [2.24, 2.45) is 17.6 Å². The number of primary amides is 1. The fraction of sp³-hybridized carbons (Fsp3) is 0.526. The van der Waals surface area contributed by atoms with Gasteiger partial charge in [-0.1, -0.05) is 6.42 Å². The van der Waals surface area contributed by atoms with Crippen molar-refractivity contribution in [3.63, 3.8) is 0 Å². The largest absolute Gasteiger partial charge is 0.373 e. The zero-order chi connectivity index (χ0) is 18.1. The first kappa shape index (κ1) is 19.8. The van der Waals surface area contributed by atoms with Crippen molar-refractivity contribution < 1.29 is 9.53 Å². The van der Waals surface area contributed by atoms with E-state index < -0.39 is 5.91 Å². The minimum atomic E-state index is -0.500. The lowest BCUT2D eigenvalue weighted by molar-refractivity contribution is -0.170. The maximum Gasteiger partial charge on any atom is 0.267 e. The molecule has 2 aliphatic rings. The molecule has 7 nitrogen and oxygen atoms in total. The number of nitrogens with zero attached hydrogens (tertiary/aromatic N) is 3. The number of ether oxygens (including phenoxy) is 1. The highest BCUT2D eigenvalue weighted by atomic mass is 35.5. The van der Waals surface area contributed by atoms with Crippen molar-refractivity contribution in [1.82, 2.24) is 19.9 Å². The van der Waals surface area contributed by atoms with Crippen LogP contribution in [0.3, 0.4) is 0 Å². The van der Waals surface area contributed by atoms with Crippen LogP contribution < -0.4 is 5.73 Å². The third-order valence-corrected chi connectivity index (χ3v) is 6.03. The van der Waals surface area contributed by atoms with Gasteiger partial charge in [0.05, 0.1) is 6.33 Å². The number of H-pyrrole nitrogens is 1. The molecule has 0 radical (unpaired) electrons. The molecule has 27 heavy (non-hydrogen) atoms. The Morgan fingerprint density at radius 1 is 1.41 bits per heavy atom. The highest BCUT2D eigenvalue weighted by Crippen LogP contribution is 2.51. The number of pyridine rings is 1. The van der Waals surface area contributed by atoms with Crippen LogP contribution in [0.25, 0.3) is 0 Å². The number of hydrogen-bond donors (Lipinski definition) is 2. The van der Waals surface area contributed by atoms with Crippen LogP contribution in [0, 0.1) is 11.8 Å². The van der Waals surface area contributed by atoms with E-state index in [4.69, 9.17) is 10.5 Å². The van der Waals surface area contributed by atoms with Crippen LogP contribution >= 0.6 is 12.4 Å². The maximum atomic E-state index is 11.6. The van der Waals surface area contributed by atoms with Crippen molar-refractivity contribution in [1.29, 1.82) is 0 Å². The van der Waals surface area contributed by atoms with Gasteiger partial charge < -0.3 is 15.5 Å². The molecule has 2 bridgehead atoms. The molecular formula is C19H26ClN5O2. The number of hydrogen-bond acceptors (Lipinski definition) is 5. The molecule has 1 saturated heterocycles. The lowest BCUT2D eigenvalue weighted by Crippen LogP contribution is -2.58. The topological polar surface area (TPSA) is 97.1 Å². The number of likely N-dealkylation sites (tertiary alicyclic amines) is 1. The average Bonchev–Trinajstić information content (AvgIpc) is 3.14. The molecule has 3 atom stereocenters. The van der Waals surface area contributed by atoms with Gasteiger partial charge in [0, 0.05) is 56.7 Å². The molecule has 2 aromatic heterocycles. The first-order valence-corrected chi connectivity index (χ1v) is 9.14. The summed E-state index contributed by atoms with van der Waals surface area (Å²) in [7, 11) is 1.79. The first-order chi connectivity index (χ1) is 12.6. The average molecular weight is 392 g/mol. The van der Waals surface area contributed by atoms with Crippen molar-refractivity contribution >= 4 is 18.3 Å². The summed E-state index contributed by atoms with van der Waals surface area (Å²) in [5.74, 6) is 0.233. The van der Waals surface area contributed by atoms with Crippen LogP contribution in [-0.4, -0.2) is 46.0 Å². The second-order valence-corrected chi connectivity index (χ2v) is 7.39. The second kappa shape index (κ2) is 7.96. The van der Waals surface area contributed by atoms with Gasteiger partial charge in [-0.3, -0.25) is 14.7 Å². The minimum absolute atomic E-state index is 0. The number of methoxy groups -OCH3 is 1. The van der Waals surface area contributed by atoms with Crippen LogP contribution in [0.5, 0.6) is 0 Å². The minimum Gasteiger partial charge on any atom is -0.373 e. The number of aromatic amines is 1. The zero-order valence-corrected chi connectivity index (χ0v) is 16.2. The summed E-state index contributed by atoms with van der Waals surface area (Å²) in [6.07, 6.45) is 8.71. The SMILES string of the molecule is CO[C@@]1(c2ccnc(C(N)=O)c2)[C@@H]2CCC[C@H]1CN(Cc1cnc[nH]1)C2.Cl. The van der Waals surface area contributed by atoms with Crippen LogP contribution in [0.1, 0.15) is 41.0 Å². The van der Waals surface area contributed by atoms with E-state index in [1.807, 2.05) is 18.3 Å². The summed E-state index contributed by atoms with van der Waals surface area (Å²) in [6.45, 7) is 2.78. The number of carbonyl (C=O) groups is 1. The van der Waals surface area contributed by atoms with Crippen LogP contribution in [0.15, 0.2) is 30.9 Å². The maximum absolute atomic E-state index is 11.6. The summed E-state index contributed by atoms with van der Waals surface area (Å²) < 4.78 is 6.22. The number of nitrogens with two attached hydrogens (primary N) is 1. The van der Waals surface area contributed by atoms with E-state index in [2.05, 4.69) is 19.9 Å². The molecular weight excluding hydrogens is 366 g/mol. The smallest absolute Gasteiger partial charge is 0.267 e. The van der Waals surface area contributed by atoms with E-state index in [1.165, 1.54) is 6.42 Å². The quantitative estimate of drug-likeness (QED) is 0.813. The Morgan fingerprint density at radius 2 is 2.15 bits per heavy atom. The molecule has 0 aromatic carbocycles. The van der Waals surface area contributed by atoms with E-state index in [0.29, 0.717) is 17.5 Å². The van der Waals surface area contributed by atoms with Gasteiger partial charge in [0.25, 0.3) is 5.91 Å². The molecule has 1 saturated carbocycles. The van der Waals surface area contributed by atoms with Gasteiger partial charge in [0.1, 0.15) is 11.3 Å². The van der Waals surface area contributed by atoms with E-state index >= 15 is 0 Å². The monoisotopic (exact) mass is 391 g/mol. The Bertz CT molecular complexity index is 768. The Morgan fingerprint density at radius 3 is 2.74 bits per heavy atom. The Hall–Kier alpha value is -1.96. The molecule has 146 valence electrons. The summed E-state index contributed by atoms with van der Waals surface area (Å²) in [6, 6.07) is 3.80. The lowest BCUT2D eigenvalue weighted by atomic mass is 9.62. The number of piperidine rings is 1. The predicted molar refractivity (Wildman–Crippen MR) is 103 cm³/mol. The van der Waals surface area contributed by atoms with E-state index in [0.717, 1.165) is 43.7 Å². The predicted octanol–water partition coefficient (Wildman–Crippen LogP) is 2.10. The van der Waals surface area contributed by atoms with Crippen LogP contribution in [0.2, 0.25) is 0 Å². The van der Waals surface area contributed by atoms with Crippen LogP contribution in [0.4, 0.5) is 0 Å². The summed E-state index contributed by atoms with van der Waals surface area (Å²) in [5.41, 5.74) is 7.53. The molecule has 8 heteroatoms. The van der Waals surface area contributed by atoms with Gasteiger partial charge in [-0.05, 0) is 30.5 Å². The number of nitrogens with one attached hydrogen (secondary N) is 1. The standard InChI is InChI=1S/C19H25N5O2.ClH/c1-26-19(13-5-6-22-17(7-13)18(20)25)14-3-2-4-15(19)10-24(9-14)11-16-8-21-12-23-16;/h5-8,12,14-15H,2-4,9-11H2,1H3,(H2,20,25)(H,21,23);1H/t14-,15+,19+;. The summed E-state index contributed by atoms with van der Waals surface area (Å²) in [5, 5.41) is 0. The molecule has 2 aromatic rings. The number of rotatable bonds is 5. The number of amides is 1. The third kappa shape index (κ3) is 3.47. The van der Waals surface area contributed by atoms with Gasteiger partial charge in [-0.15, -0.1) is 12.4 Å². The van der Waals surface area contributed by atoms with Gasteiger partial charge in [0.15, 0.2) is 0 Å². The Kier molecular flexibility index (Phi) is 5.83. The van der Waals surface area contributed by atoms with Gasteiger partial charge in [-0.25, -0.2) is 4.98 Å². The number of halogens is 1. The Balaban J connectivity index is 0.00000210.